The van der Waals surface area contributed by atoms with Gasteiger partial charge in [0.2, 0.25) is 0 Å². The van der Waals surface area contributed by atoms with E-state index in [1.807, 2.05) is 49.4 Å². The highest BCUT2D eigenvalue weighted by Gasteiger charge is 2.15. The van der Waals surface area contributed by atoms with E-state index in [0.717, 1.165) is 22.6 Å². The summed E-state index contributed by atoms with van der Waals surface area (Å²) >= 11 is 0. The summed E-state index contributed by atoms with van der Waals surface area (Å²) in [4.78, 5) is 15.1. The number of aromatic amines is 1. The lowest BCUT2D eigenvalue weighted by Gasteiger charge is -2.07. The van der Waals surface area contributed by atoms with Crippen molar-refractivity contribution in [2.75, 3.05) is 0 Å². The Morgan fingerprint density at radius 3 is 2.38 bits per heavy atom. The lowest BCUT2D eigenvalue weighted by Crippen LogP contribution is -2.10. The molecule has 0 fully saturated rings. The van der Waals surface area contributed by atoms with E-state index in [4.69, 9.17) is 0 Å². The van der Waals surface area contributed by atoms with Gasteiger partial charge in [0.15, 0.2) is 0 Å². The molecule has 0 amide bonds. The van der Waals surface area contributed by atoms with Crippen LogP contribution in [0.1, 0.15) is 5.69 Å². The maximum atomic E-state index is 13.3. The summed E-state index contributed by atoms with van der Waals surface area (Å²) in [6.45, 7) is 1.83. The molecule has 2 aromatic carbocycles. The van der Waals surface area contributed by atoms with Gasteiger partial charge < -0.3 is 4.98 Å². The Bertz CT molecular complexity index is 1110. The van der Waals surface area contributed by atoms with E-state index in [0.29, 0.717) is 11.3 Å². The number of hydrogen-bond donors (Lipinski definition) is 1. The number of benzene rings is 2. The van der Waals surface area contributed by atoms with Gasteiger partial charge in [0.1, 0.15) is 5.82 Å². The van der Waals surface area contributed by atoms with Crippen LogP contribution in [0.25, 0.3) is 28.2 Å². The van der Waals surface area contributed by atoms with E-state index in [-0.39, 0.29) is 11.4 Å². The number of nitrogens with zero attached hydrogens (tertiary/aromatic N) is 2. The van der Waals surface area contributed by atoms with Gasteiger partial charge in [-0.2, -0.15) is 5.10 Å². The molecule has 0 radical (unpaired) electrons. The summed E-state index contributed by atoms with van der Waals surface area (Å²) in [5.74, 6) is -0.308. The topological polar surface area (TPSA) is 50.7 Å². The highest BCUT2D eigenvalue weighted by molar-refractivity contribution is 5.70. The Morgan fingerprint density at radius 1 is 0.962 bits per heavy atom. The van der Waals surface area contributed by atoms with E-state index >= 15 is 0 Å². The predicted molar refractivity (Wildman–Crippen MR) is 99.8 cm³/mol. The zero-order chi connectivity index (χ0) is 18.1. The van der Waals surface area contributed by atoms with Crippen molar-refractivity contribution in [3.8, 4) is 28.2 Å². The second-order valence-corrected chi connectivity index (χ2v) is 6.05. The summed E-state index contributed by atoms with van der Waals surface area (Å²) in [6, 6.07) is 21.4. The Hall–Kier alpha value is -3.47. The fourth-order valence-corrected chi connectivity index (χ4v) is 2.88. The van der Waals surface area contributed by atoms with Gasteiger partial charge in [-0.1, -0.05) is 30.3 Å². The molecular weight excluding hydrogens is 329 g/mol. The molecule has 1 N–H and O–H groups in total. The number of hydrogen-bond acceptors (Lipinski definition) is 2. The second kappa shape index (κ2) is 6.44. The van der Waals surface area contributed by atoms with Crippen LogP contribution in [0.3, 0.4) is 0 Å². The van der Waals surface area contributed by atoms with E-state index in [1.54, 1.807) is 22.9 Å². The Kier molecular flexibility index (Phi) is 3.97. The van der Waals surface area contributed by atoms with Crippen LogP contribution in [-0.4, -0.2) is 14.8 Å². The van der Waals surface area contributed by atoms with Crippen LogP contribution in [0.4, 0.5) is 4.39 Å². The first-order valence-corrected chi connectivity index (χ1v) is 8.23. The minimum Gasteiger partial charge on any atom is -0.326 e. The number of aromatic nitrogens is 3. The van der Waals surface area contributed by atoms with Crippen LogP contribution in [0.15, 0.2) is 77.6 Å². The molecule has 0 spiro atoms. The Labute approximate surface area is 149 Å². The van der Waals surface area contributed by atoms with Crippen molar-refractivity contribution in [2.24, 2.45) is 0 Å². The van der Waals surface area contributed by atoms with Gasteiger partial charge in [-0.15, -0.1) is 0 Å². The maximum absolute atomic E-state index is 13.3. The molecule has 26 heavy (non-hydrogen) atoms. The molecule has 0 aliphatic heterocycles. The minimum atomic E-state index is -0.308. The van der Waals surface area contributed by atoms with Crippen LogP contribution >= 0.6 is 0 Å². The molecule has 5 heteroatoms. The fraction of sp³-hybridized carbons (Fsp3) is 0.0476. The van der Waals surface area contributed by atoms with Crippen molar-refractivity contribution < 1.29 is 4.39 Å². The Balaban J connectivity index is 1.93. The van der Waals surface area contributed by atoms with Crippen LogP contribution in [0, 0.1) is 12.7 Å². The zero-order valence-electron chi connectivity index (χ0n) is 14.1. The summed E-state index contributed by atoms with van der Waals surface area (Å²) in [7, 11) is 0. The standard InChI is InChI=1S/C21H16FN3O/c1-14-7-12-18(21(26)23-14)19-13-20(15-5-3-2-4-6-15)25(24-19)17-10-8-16(22)9-11-17/h2-13H,1H3,(H,23,26). The average Bonchev–Trinajstić information content (AvgIpc) is 3.08. The van der Waals surface area contributed by atoms with E-state index in [2.05, 4.69) is 10.1 Å². The molecule has 4 nitrogen and oxygen atoms in total. The van der Waals surface area contributed by atoms with Gasteiger partial charge in [0.25, 0.3) is 5.56 Å². The van der Waals surface area contributed by atoms with Crippen LogP contribution < -0.4 is 5.56 Å². The van der Waals surface area contributed by atoms with Gasteiger partial charge in [0, 0.05) is 11.3 Å². The molecular formula is C21H16FN3O. The molecule has 0 bridgehead atoms. The largest absolute Gasteiger partial charge is 0.326 e. The molecule has 0 saturated heterocycles. The molecule has 0 aliphatic carbocycles. The summed E-state index contributed by atoms with van der Waals surface area (Å²) < 4.78 is 15.0. The number of halogens is 1. The number of pyridine rings is 1. The van der Waals surface area contributed by atoms with Crippen LogP contribution in [0.5, 0.6) is 0 Å². The third-order valence-electron chi connectivity index (χ3n) is 4.18. The highest BCUT2D eigenvalue weighted by atomic mass is 19.1. The van der Waals surface area contributed by atoms with Gasteiger partial charge in [-0.25, -0.2) is 9.07 Å². The molecule has 4 rings (SSSR count). The number of aryl methyl sites for hydroxylation is 1. The van der Waals surface area contributed by atoms with Crippen molar-refractivity contribution in [3.63, 3.8) is 0 Å². The summed E-state index contributed by atoms with van der Waals surface area (Å²) in [6.07, 6.45) is 0. The second-order valence-electron chi connectivity index (χ2n) is 6.05. The monoisotopic (exact) mass is 345 g/mol. The van der Waals surface area contributed by atoms with E-state index in [9.17, 15) is 9.18 Å². The fourth-order valence-electron chi connectivity index (χ4n) is 2.88. The lowest BCUT2D eigenvalue weighted by atomic mass is 10.1. The van der Waals surface area contributed by atoms with Crippen LogP contribution in [0.2, 0.25) is 0 Å². The first-order valence-electron chi connectivity index (χ1n) is 8.23. The molecule has 128 valence electrons. The van der Waals surface area contributed by atoms with Gasteiger partial charge in [0.05, 0.1) is 22.6 Å². The predicted octanol–water partition coefficient (Wildman–Crippen LogP) is 4.34. The smallest absolute Gasteiger partial charge is 0.257 e. The average molecular weight is 345 g/mol. The van der Waals surface area contributed by atoms with Gasteiger partial charge in [-0.3, -0.25) is 4.79 Å². The van der Waals surface area contributed by atoms with E-state index in [1.165, 1.54) is 12.1 Å². The molecule has 0 atom stereocenters. The van der Waals surface area contributed by atoms with Crippen LogP contribution in [-0.2, 0) is 0 Å². The van der Waals surface area contributed by atoms with Crippen molar-refractivity contribution in [1.82, 2.24) is 14.8 Å². The molecule has 0 saturated carbocycles. The summed E-state index contributed by atoms with van der Waals surface area (Å²) in [5, 5.41) is 4.62. The third-order valence-corrected chi connectivity index (χ3v) is 4.18. The molecule has 0 aliphatic rings. The highest BCUT2D eigenvalue weighted by Crippen LogP contribution is 2.27. The summed E-state index contributed by atoms with van der Waals surface area (Å²) in [5.41, 5.74) is 4.17. The lowest BCUT2D eigenvalue weighted by molar-refractivity contribution is 0.627. The van der Waals surface area contributed by atoms with Crippen molar-refractivity contribution >= 4 is 0 Å². The van der Waals surface area contributed by atoms with Crippen molar-refractivity contribution in [1.29, 1.82) is 0 Å². The number of nitrogens with one attached hydrogen (secondary N) is 1. The van der Waals surface area contributed by atoms with Crippen molar-refractivity contribution in [2.45, 2.75) is 6.92 Å². The van der Waals surface area contributed by atoms with Gasteiger partial charge >= 0.3 is 0 Å². The SMILES string of the molecule is Cc1ccc(-c2cc(-c3ccccc3)n(-c3ccc(F)cc3)n2)c(=O)[nH]1. The molecule has 2 aromatic heterocycles. The third kappa shape index (κ3) is 2.95. The molecule has 2 heterocycles. The zero-order valence-corrected chi connectivity index (χ0v) is 14.1. The quantitative estimate of drug-likeness (QED) is 0.600. The first-order chi connectivity index (χ1) is 12.6. The Morgan fingerprint density at radius 2 is 1.69 bits per heavy atom. The molecule has 4 aromatic rings. The number of rotatable bonds is 3. The van der Waals surface area contributed by atoms with Gasteiger partial charge in [-0.05, 0) is 49.4 Å². The number of H-pyrrole nitrogens is 1. The molecule has 0 unspecified atom stereocenters. The maximum Gasteiger partial charge on any atom is 0.257 e. The minimum absolute atomic E-state index is 0.187. The normalized spacial score (nSPS) is 10.8. The van der Waals surface area contributed by atoms with Crippen molar-refractivity contribution in [3.05, 3.63) is 94.7 Å². The van der Waals surface area contributed by atoms with E-state index < -0.39 is 0 Å². The first kappa shape index (κ1) is 16.0.